The molecule has 0 radical (unpaired) electrons. The van der Waals surface area contributed by atoms with Crippen molar-refractivity contribution in [1.29, 1.82) is 0 Å². The first-order valence-corrected chi connectivity index (χ1v) is 9.85. The van der Waals surface area contributed by atoms with Gasteiger partial charge in [-0.25, -0.2) is 4.79 Å². The number of hydrogen-bond acceptors (Lipinski definition) is 4. The fraction of sp³-hybridized carbons (Fsp3) is 0.304. The molecule has 0 saturated carbocycles. The molecule has 1 amide bonds. The summed E-state index contributed by atoms with van der Waals surface area (Å²) in [6.07, 6.45) is 4.22. The number of anilines is 2. The average Bonchev–Trinajstić information content (AvgIpc) is 2.73. The summed E-state index contributed by atoms with van der Waals surface area (Å²) < 4.78 is 0. The summed E-state index contributed by atoms with van der Waals surface area (Å²) in [5, 5.41) is 12.2. The molecule has 1 heterocycles. The Morgan fingerprint density at radius 3 is 2.48 bits per heavy atom. The van der Waals surface area contributed by atoms with Crippen LogP contribution in [0.25, 0.3) is 12.2 Å². The number of carboxylic acid groups (broad SMARTS) is 1. The highest BCUT2D eigenvalue weighted by Gasteiger charge is 2.16. The van der Waals surface area contributed by atoms with Gasteiger partial charge in [-0.2, -0.15) is 0 Å². The maximum absolute atomic E-state index is 11.6. The number of amides is 1. The minimum absolute atomic E-state index is 0.0845. The van der Waals surface area contributed by atoms with Crippen molar-refractivity contribution in [3.8, 4) is 0 Å². The molecule has 29 heavy (non-hydrogen) atoms. The van der Waals surface area contributed by atoms with E-state index in [0.29, 0.717) is 12.1 Å². The second-order valence-corrected chi connectivity index (χ2v) is 7.19. The van der Waals surface area contributed by atoms with E-state index in [1.54, 1.807) is 19.1 Å². The summed E-state index contributed by atoms with van der Waals surface area (Å²) in [6, 6.07) is 13.3. The second kappa shape index (κ2) is 9.39. The Hall–Kier alpha value is -3.12. The lowest BCUT2D eigenvalue weighted by Crippen LogP contribution is -2.44. The van der Waals surface area contributed by atoms with E-state index in [0.717, 1.165) is 37.3 Å². The fourth-order valence-electron chi connectivity index (χ4n) is 3.34. The molecule has 152 valence electrons. The van der Waals surface area contributed by atoms with Crippen LogP contribution in [0.15, 0.2) is 42.5 Å². The summed E-state index contributed by atoms with van der Waals surface area (Å²) in [5.41, 5.74) is 3.45. The van der Waals surface area contributed by atoms with E-state index in [2.05, 4.69) is 34.3 Å². The molecule has 1 saturated heterocycles. The molecular formula is C23H27N3O3. The molecule has 1 fully saturated rings. The first-order chi connectivity index (χ1) is 14.0. The van der Waals surface area contributed by atoms with Gasteiger partial charge in [0.05, 0.1) is 11.3 Å². The van der Waals surface area contributed by atoms with Gasteiger partial charge in [-0.3, -0.25) is 4.79 Å². The maximum atomic E-state index is 11.6. The normalized spacial score (nSPS) is 14.9. The molecule has 0 bridgehead atoms. The Labute approximate surface area is 171 Å². The van der Waals surface area contributed by atoms with E-state index in [1.807, 2.05) is 30.4 Å². The molecule has 2 aromatic carbocycles. The minimum atomic E-state index is -1.07. The number of benzene rings is 2. The first-order valence-electron chi connectivity index (χ1n) is 9.85. The van der Waals surface area contributed by atoms with Crippen molar-refractivity contribution < 1.29 is 14.7 Å². The Balaban J connectivity index is 1.84. The third-order valence-electron chi connectivity index (χ3n) is 5.11. The van der Waals surface area contributed by atoms with E-state index in [9.17, 15) is 14.7 Å². The molecule has 1 aliphatic rings. The first kappa shape index (κ1) is 20.6. The number of piperazine rings is 1. The van der Waals surface area contributed by atoms with Crippen molar-refractivity contribution in [2.24, 2.45) is 0 Å². The van der Waals surface area contributed by atoms with E-state index in [-0.39, 0.29) is 11.5 Å². The molecule has 0 unspecified atom stereocenters. The summed E-state index contributed by atoms with van der Waals surface area (Å²) >= 11 is 0. The number of aromatic carboxylic acids is 1. The van der Waals surface area contributed by atoms with Crippen molar-refractivity contribution in [3.63, 3.8) is 0 Å². The van der Waals surface area contributed by atoms with Crippen LogP contribution in [0.5, 0.6) is 0 Å². The highest BCUT2D eigenvalue weighted by atomic mass is 16.4. The van der Waals surface area contributed by atoms with Crippen LogP contribution in [-0.2, 0) is 4.79 Å². The van der Waals surface area contributed by atoms with Crippen LogP contribution in [0.3, 0.4) is 0 Å². The number of carboxylic acids is 1. The monoisotopic (exact) mass is 393 g/mol. The Kier molecular flexibility index (Phi) is 6.67. The number of likely N-dealkylation sites (N-methyl/N-ethyl adjacent to an activating group) is 1. The van der Waals surface area contributed by atoms with E-state index < -0.39 is 5.97 Å². The van der Waals surface area contributed by atoms with Crippen LogP contribution in [0.2, 0.25) is 0 Å². The predicted octanol–water partition coefficient (Wildman–Crippen LogP) is 3.66. The molecule has 2 N–H and O–H groups in total. The summed E-state index contributed by atoms with van der Waals surface area (Å²) in [4.78, 5) is 28.0. The second-order valence-electron chi connectivity index (χ2n) is 7.19. The van der Waals surface area contributed by atoms with Crippen LogP contribution >= 0.6 is 0 Å². The molecule has 0 aliphatic carbocycles. The number of para-hydroxylation sites is 1. The molecule has 0 aromatic heterocycles. The summed E-state index contributed by atoms with van der Waals surface area (Å²) in [6.45, 7) is 5.76. The van der Waals surface area contributed by atoms with Gasteiger partial charge in [-0.1, -0.05) is 43.3 Å². The van der Waals surface area contributed by atoms with Crippen molar-refractivity contribution in [1.82, 2.24) is 4.90 Å². The van der Waals surface area contributed by atoms with Crippen molar-refractivity contribution in [2.75, 3.05) is 43.4 Å². The predicted molar refractivity (Wildman–Crippen MR) is 117 cm³/mol. The van der Waals surface area contributed by atoms with Crippen molar-refractivity contribution >= 4 is 35.4 Å². The molecular weight excluding hydrogens is 366 g/mol. The topological polar surface area (TPSA) is 72.9 Å². The largest absolute Gasteiger partial charge is 0.478 e. The van der Waals surface area contributed by atoms with Gasteiger partial charge in [0.2, 0.25) is 5.91 Å². The van der Waals surface area contributed by atoms with E-state index in [4.69, 9.17) is 0 Å². The van der Waals surface area contributed by atoms with Gasteiger partial charge in [-0.05, 0) is 36.4 Å². The highest BCUT2D eigenvalue weighted by molar-refractivity contribution is 6.01. The molecule has 0 spiro atoms. The minimum Gasteiger partial charge on any atom is -0.478 e. The number of carbonyl (C=O) groups excluding carboxylic acids is 1. The smallest absolute Gasteiger partial charge is 0.337 e. The van der Waals surface area contributed by atoms with Crippen LogP contribution in [0.1, 0.15) is 34.8 Å². The molecule has 1 aliphatic heterocycles. The molecule has 2 aromatic rings. The van der Waals surface area contributed by atoms with Gasteiger partial charge in [0.15, 0.2) is 0 Å². The van der Waals surface area contributed by atoms with Gasteiger partial charge < -0.3 is 20.2 Å². The lowest BCUT2D eigenvalue weighted by molar-refractivity contribution is -0.115. The standard InChI is InChI=1S/C23H27N3O3/c1-3-22(27)24-20-11-9-17(16-19(20)23(28)29)8-10-18-6-4-5-7-21(18)26-14-12-25(2)13-15-26/h4-11,16H,3,12-15H2,1-2H3,(H,24,27)(H,28,29). The van der Waals surface area contributed by atoms with Gasteiger partial charge in [-0.15, -0.1) is 0 Å². The third kappa shape index (κ3) is 5.23. The quantitative estimate of drug-likeness (QED) is 0.733. The fourth-order valence-corrected chi connectivity index (χ4v) is 3.34. The SMILES string of the molecule is CCC(=O)Nc1ccc(C=Cc2ccccc2N2CCN(C)CC2)cc1C(=O)O. The molecule has 6 heteroatoms. The van der Waals surface area contributed by atoms with Crippen LogP contribution in [-0.4, -0.2) is 55.1 Å². The number of rotatable bonds is 6. The zero-order chi connectivity index (χ0) is 20.8. The lowest BCUT2D eigenvalue weighted by atomic mass is 10.1. The number of nitrogens with zero attached hydrogens (tertiary/aromatic N) is 2. The van der Waals surface area contributed by atoms with E-state index >= 15 is 0 Å². The van der Waals surface area contributed by atoms with Crippen LogP contribution < -0.4 is 10.2 Å². The zero-order valence-corrected chi connectivity index (χ0v) is 16.9. The van der Waals surface area contributed by atoms with Crippen LogP contribution in [0.4, 0.5) is 11.4 Å². The zero-order valence-electron chi connectivity index (χ0n) is 16.9. The summed E-state index contributed by atoms with van der Waals surface area (Å²) in [7, 11) is 2.13. The van der Waals surface area contributed by atoms with Gasteiger partial charge in [0.25, 0.3) is 0 Å². The third-order valence-corrected chi connectivity index (χ3v) is 5.11. The van der Waals surface area contributed by atoms with Crippen LogP contribution in [0, 0.1) is 0 Å². The summed E-state index contributed by atoms with van der Waals surface area (Å²) in [5.74, 6) is -1.28. The van der Waals surface area contributed by atoms with E-state index in [1.165, 1.54) is 5.69 Å². The maximum Gasteiger partial charge on any atom is 0.337 e. The average molecular weight is 393 g/mol. The highest BCUT2D eigenvalue weighted by Crippen LogP contribution is 2.25. The Bertz CT molecular complexity index is 915. The molecule has 3 rings (SSSR count). The van der Waals surface area contributed by atoms with Crippen molar-refractivity contribution in [3.05, 3.63) is 59.2 Å². The van der Waals surface area contributed by atoms with Gasteiger partial charge in [0, 0.05) is 38.3 Å². The number of carbonyl (C=O) groups is 2. The van der Waals surface area contributed by atoms with Gasteiger partial charge in [0.1, 0.15) is 0 Å². The van der Waals surface area contributed by atoms with Gasteiger partial charge >= 0.3 is 5.97 Å². The Morgan fingerprint density at radius 1 is 1.07 bits per heavy atom. The number of nitrogens with one attached hydrogen (secondary N) is 1. The van der Waals surface area contributed by atoms with Crippen molar-refractivity contribution in [2.45, 2.75) is 13.3 Å². The molecule has 6 nitrogen and oxygen atoms in total. The lowest BCUT2D eigenvalue weighted by Gasteiger charge is -2.34. The molecule has 0 atom stereocenters. The number of hydrogen-bond donors (Lipinski definition) is 2. The Morgan fingerprint density at radius 2 is 1.79 bits per heavy atom.